The van der Waals surface area contributed by atoms with Gasteiger partial charge in [-0.15, -0.1) is 0 Å². The van der Waals surface area contributed by atoms with E-state index >= 15 is 4.79 Å². The number of allylic oxidation sites excluding steroid dienone is 2. The highest BCUT2D eigenvalue weighted by molar-refractivity contribution is 5.79. The number of hydrogen-bond donors (Lipinski definition) is 16. The summed E-state index contributed by atoms with van der Waals surface area (Å²) in [5.74, 6) is -2.49. The molecule has 544 valence electrons. The number of aliphatic hydroxyl groups excluding tert-OH is 15. The Morgan fingerprint density at radius 3 is 1.65 bits per heavy atom. The molecule has 30 heteroatoms. The summed E-state index contributed by atoms with van der Waals surface area (Å²) in [6.07, 6.45) is -40.3. The van der Waals surface area contributed by atoms with Crippen LogP contribution in [-0.4, -0.2) is 291 Å². The van der Waals surface area contributed by atoms with Gasteiger partial charge in [-0.2, -0.15) is 0 Å². The van der Waals surface area contributed by atoms with Crippen molar-refractivity contribution in [1.82, 2.24) is 0 Å². The lowest BCUT2D eigenvalue weighted by molar-refractivity contribution is -0.378. The fourth-order valence-electron chi connectivity index (χ4n) is 19.0. The molecular formula is C65H104O30. The number of carboxylic acid groups (broad SMARTS) is 1. The molecule has 11 rings (SSSR count). The van der Waals surface area contributed by atoms with E-state index in [2.05, 4.69) is 54.5 Å². The molecule has 95 heavy (non-hydrogen) atoms. The number of fused-ring (bicyclic) bond motifs is 7. The van der Waals surface area contributed by atoms with E-state index in [4.69, 9.17) is 56.8 Å². The first-order valence-electron chi connectivity index (χ1n) is 33.8. The summed E-state index contributed by atoms with van der Waals surface area (Å²) < 4.78 is 72.0. The lowest BCUT2D eigenvalue weighted by Gasteiger charge is -2.71. The van der Waals surface area contributed by atoms with Gasteiger partial charge in [-0.1, -0.05) is 60.1 Å². The Labute approximate surface area is 551 Å². The molecule has 6 aliphatic heterocycles. The Bertz CT molecular complexity index is 2740. The highest BCUT2D eigenvalue weighted by Crippen LogP contribution is 2.76. The second kappa shape index (κ2) is 27.1. The van der Waals surface area contributed by atoms with Crippen molar-refractivity contribution in [2.45, 2.75) is 318 Å². The van der Waals surface area contributed by atoms with Crippen molar-refractivity contribution in [1.29, 1.82) is 0 Å². The molecule has 5 aliphatic carbocycles. The summed E-state index contributed by atoms with van der Waals surface area (Å²) in [5.41, 5.74) is -1.99. The second-order valence-corrected chi connectivity index (χ2v) is 31.4. The molecule has 0 aromatic heterocycles. The summed E-state index contributed by atoms with van der Waals surface area (Å²) in [7, 11) is 0. The molecule has 0 aromatic rings. The molecular weight excluding hydrogens is 1260 g/mol. The zero-order valence-electron chi connectivity index (χ0n) is 55.5. The van der Waals surface area contributed by atoms with Crippen molar-refractivity contribution in [3.63, 3.8) is 0 Å². The van der Waals surface area contributed by atoms with Gasteiger partial charge in [0.05, 0.1) is 43.0 Å². The van der Waals surface area contributed by atoms with Gasteiger partial charge >= 0.3 is 11.9 Å². The fraction of sp³-hybridized carbons (Fsp3) is 0.938. The second-order valence-electron chi connectivity index (χ2n) is 31.4. The number of hydrogen-bond acceptors (Lipinski definition) is 29. The third-order valence-electron chi connectivity index (χ3n) is 25.1. The molecule has 6 saturated heterocycles. The minimum absolute atomic E-state index is 0.0171. The van der Waals surface area contributed by atoms with Crippen LogP contribution in [0.5, 0.6) is 0 Å². The average molecular weight is 1370 g/mol. The van der Waals surface area contributed by atoms with Crippen LogP contribution >= 0.6 is 0 Å². The zero-order chi connectivity index (χ0) is 69.5. The number of aliphatic carboxylic acids is 1. The van der Waals surface area contributed by atoms with Crippen LogP contribution in [0, 0.1) is 50.2 Å². The van der Waals surface area contributed by atoms with Gasteiger partial charge in [0.15, 0.2) is 43.7 Å². The van der Waals surface area contributed by atoms with Gasteiger partial charge in [-0.05, 0) is 130 Å². The van der Waals surface area contributed by atoms with Crippen LogP contribution in [0.1, 0.15) is 133 Å². The van der Waals surface area contributed by atoms with E-state index in [-0.39, 0.29) is 34.0 Å². The maximum atomic E-state index is 15.6. The van der Waals surface area contributed by atoms with Crippen LogP contribution in [0.3, 0.4) is 0 Å². The highest BCUT2D eigenvalue weighted by Gasteiger charge is 2.71. The van der Waals surface area contributed by atoms with Gasteiger partial charge in [-0.3, -0.25) is 4.79 Å². The molecule has 0 spiro atoms. The van der Waals surface area contributed by atoms with Gasteiger partial charge < -0.3 is 139 Å². The molecule has 0 bridgehead atoms. The number of esters is 1. The fourth-order valence-corrected chi connectivity index (χ4v) is 19.0. The van der Waals surface area contributed by atoms with Crippen molar-refractivity contribution >= 4 is 11.9 Å². The van der Waals surface area contributed by atoms with Gasteiger partial charge in [0.2, 0.25) is 6.29 Å². The van der Waals surface area contributed by atoms with E-state index in [1.165, 1.54) is 20.8 Å². The van der Waals surface area contributed by atoms with E-state index in [1.54, 1.807) is 0 Å². The first-order valence-corrected chi connectivity index (χ1v) is 33.8. The minimum atomic E-state index is -2.05. The predicted octanol–water partition coefficient (Wildman–Crippen LogP) is -2.57. The predicted molar refractivity (Wildman–Crippen MR) is 318 cm³/mol. The van der Waals surface area contributed by atoms with Crippen molar-refractivity contribution in [3.8, 4) is 0 Å². The molecule has 10 fully saturated rings. The topological polar surface area (TPSA) is 469 Å². The highest BCUT2D eigenvalue weighted by atomic mass is 16.8. The summed E-state index contributed by atoms with van der Waals surface area (Å²) in [6.45, 7) is 18.5. The van der Waals surface area contributed by atoms with E-state index in [9.17, 15) is 86.5 Å². The van der Waals surface area contributed by atoms with E-state index in [0.717, 1.165) is 18.4 Å². The van der Waals surface area contributed by atoms with Crippen molar-refractivity contribution in [3.05, 3.63) is 11.6 Å². The maximum absolute atomic E-state index is 15.6. The molecule has 16 N–H and O–H groups in total. The molecule has 0 amide bonds. The summed E-state index contributed by atoms with van der Waals surface area (Å²) in [6, 6.07) is 0. The first kappa shape index (κ1) is 73.8. The SMILES string of the molecule is CC1OC(OC2C(O)COC(OC3C(OC4CCC5(C)C(CCC6(C)C5CC=C5C7CC(C)(C)CCC7(C(=O)OC7OC(CO)C(O)C(O)C7OC7OC(C)C(OC8OC(C)C(O)C(O)C8O)C(O)C7O)CCC56C)C4(C)C)OC(C(=O)O)C(O)C3O)C2O)C(O)C(O)C1O. The van der Waals surface area contributed by atoms with Gasteiger partial charge in [0.25, 0.3) is 0 Å². The number of carboxylic acids is 1. The van der Waals surface area contributed by atoms with Crippen LogP contribution in [0.4, 0.5) is 0 Å². The zero-order valence-corrected chi connectivity index (χ0v) is 55.5. The van der Waals surface area contributed by atoms with Crippen LogP contribution in [0.25, 0.3) is 0 Å². The lowest BCUT2D eigenvalue weighted by Crippen LogP contribution is -2.67. The molecule has 4 saturated carbocycles. The molecule has 30 nitrogen and oxygen atoms in total. The first-order chi connectivity index (χ1) is 44.4. The Hall–Kier alpha value is -2.36. The normalized spacial score (nSPS) is 54.5. The maximum Gasteiger partial charge on any atom is 0.335 e. The molecule has 37 unspecified atom stereocenters. The molecule has 37 atom stereocenters. The lowest BCUT2D eigenvalue weighted by atomic mass is 9.33. The van der Waals surface area contributed by atoms with E-state index < -0.39 is 226 Å². The standard InChI is InChI=1S/C65H104O30/c1-24-34(68)37(71)43(77)54(85-24)90-47-26(3)87-56(45(79)42(47)76)94-50-39(73)36(70)30(22-66)88-57(50)95-59(83)65-19-17-60(4,5)21-28(65)27-11-12-32-62(8)15-14-33(61(6,7)31(62)13-16-64(32,10)63(27,9)18-20-65)89-58-51(41(75)40(74)49(92-58)52(81)82)93-53-46(80)48(29(67)23-84-53)91-55-44(78)38(72)35(69)25(2)86-55/h11,24-26,28-51,53-58,66-80H,12-23H2,1-10H3,(H,81,82). The largest absolute Gasteiger partial charge is 0.479 e. The Balaban J connectivity index is 0.807. The summed E-state index contributed by atoms with van der Waals surface area (Å²) in [5, 5.41) is 175. The Kier molecular flexibility index (Phi) is 21.1. The smallest absolute Gasteiger partial charge is 0.335 e. The number of ether oxygens (including phenoxy) is 12. The quantitative estimate of drug-likeness (QED) is 0.0483. The molecule has 11 aliphatic rings. The van der Waals surface area contributed by atoms with Crippen molar-refractivity contribution < 1.29 is 148 Å². The molecule has 6 heterocycles. The monoisotopic (exact) mass is 1360 g/mol. The summed E-state index contributed by atoms with van der Waals surface area (Å²) in [4.78, 5) is 28.2. The Morgan fingerprint density at radius 2 is 1.04 bits per heavy atom. The molecule has 0 radical (unpaired) electrons. The number of carbonyl (C=O) groups excluding carboxylic acids is 1. The van der Waals surface area contributed by atoms with Crippen molar-refractivity contribution in [2.24, 2.45) is 50.2 Å². The van der Waals surface area contributed by atoms with Crippen molar-refractivity contribution in [2.75, 3.05) is 13.2 Å². The van der Waals surface area contributed by atoms with E-state index in [0.29, 0.717) is 51.4 Å². The van der Waals surface area contributed by atoms with Crippen LogP contribution in [0.15, 0.2) is 11.6 Å². The number of carbonyl (C=O) groups is 2. The van der Waals surface area contributed by atoms with Gasteiger partial charge in [0, 0.05) is 0 Å². The van der Waals surface area contributed by atoms with Gasteiger partial charge in [-0.25, -0.2) is 4.79 Å². The number of aliphatic hydroxyl groups is 15. The van der Waals surface area contributed by atoms with Crippen LogP contribution in [-0.2, 0) is 66.4 Å². The summed E-state index contributed by atoms with van der Waals surface area (Å²) >= 11 is 0. The Morgan fingerprint density at radius 1 is 0.505 bits per heavy atom. The molecule has 0 aromatic carbocycles. The van der Waals surface area contributed by atoms with Crippen LogP contribution < -0.4 is 0 Å². The third kappa shape index (κ3) is 12.6. The number of rotatable bonds is 14. The average Bonchev–Trinajstić information content (AvgIpc) is 0.675. The van der Waals surface area contributed by atoms with E-state index in [1.807, 2.05) is 0 Å². The van der Waals surface area contributed by atoms with Gasteiger partial charge in [0.1, 0.15) is 110 Å². The third-order valence-corrected chi connectivity index (χ3v) is 25.1. The van der Waals surface area contributed by atoms with Crippen LogP contribution in [0.2, 0.25) is 0 Å². The minimum Gasteiger partial charge on any atom is -0.479 e.